The molecule has 1 unspecified atom stereocenters. The number of ether oxygens (including phenoxy) is 2. The van der Waals surface area contributed by atoms with Gasteiger partial charge in [-0.1, -0.05) is 19.4 Å². The second-order valence-corrected chi connectivity index (χ2v) is 12.1. The number of nitrogens with zero attached hydrogens (tertiary/aromatic N) is 5. The summed E-state index contributed by atoms with van der Waals surface area (Å²) < 4.78 is 28.4. The number of nitrogen functional groups attached to an aromatic ring is 1. The van der Waals surface area contributed by atoms with E-state index < -0.39 is 0 Å². The smallest absolute Gasteiger partial charge is 0.222 e. The molecule has 1 aliphatic heterocycles. The van der Waals surface area contributed by atoms with Crippen LogP contribution in [0.3, 0.4) is 0 Å². The number of halogens is 1. The van der Waals surface area contributed by atoms with E-state index in [4.69, 9.17) is 20.3 Å². The number of allylic oxidation sites excluding steroid dienone is 1. The molecule has 11 heteroatoms. The van der Waals surface area contributed by atoms with Gasteiger partial charge in [0.15, 0.2) is 11.3 Å². The molecule has 2 fully saturated rings. The maximum absolute atomic E-state index is 15.7. The Hall–Kier alpha value is -3.28. The summed E-state index contributed by atoms with van der Waals surface area (Å²) in [6.07, 6.45) is 11.3. The first kappa shape index (κ1) is 28.8. The quantitative estimate of drug-likeness (QED) is 0.293. The van der Waals surface area contributed by atoms with E-state index in [0.29, 0.717) is 58.8 Å². The molecule has 42 heavy (non-hydrogen) atoms. The molecular formula is C31H42FN7O3. The van der Waals surface area contributed by atoms with Crippen LogP contribution in [0.1, 0.15) is 63.0 Å². The van der Waals surface area contributed by atoms with Gasteiger partial charge in [-0.25, -0.2) is 9.37 Å². The van der Waals surface area contributed by atoms with E-state index in [2.05, 4.69) is 28.3 Å². The molecule has 6 rings (SSSR count). The van der Waals surface area contributed by atoms with Crippen molar-refractivity contribution in [2.45, 2.75) is 70.5 Å². The first-order valence-electron chi connectivity index (χ1n) is 15.2. The number of benzene rings is 1. The lowest BCUT2D eigenvalue weighted by Gasteiger charge is -2.54. The van der Waals surface area contributed by atoms with Crippen molar-refractivity contribution in [3.63, 3.8) is 0 Å². The lowest BCUT2D eigenvalue weighted by Crippen LogP contribution is -2.60. The number of anilines is 2. The van der Waals surface area contributed by atoms with Crippen LogP contribution in [-0.2, 0) is 11.3 Å². The summed E-state index contributed by atoms with van der Waals surface area (Å²) in [7, 11) is 1.57. The van der Waals surface area contributed by atoms with Crippen molar-refractivity contribution in [2.24, 2.45) is 5.41 Å². The van der Waals surface area contributed by atoms with Crippen LogP contribution in [0, 0.1) is 11.2 Å². The maximum atomic E-state index is 15.7. The fraction of sp³-hybridized carbons (Fsp3) is 0.581. The number of unbranched alkanes of at least 4 members (excludes halogenated alkanes) is 1. The molecule has 4 N–H and O–H groups in total. The third kappa shape index (κ3) is 5.82. The van der Waals surface area contributed by atoms with Crippen LogP contribution in [0.5, 0.6) is 5.75 Å². The van der Waals surface area contributed by atoms with Gasteiger partial charge in [0.25, 0.3) is 0 Å². The molecule has 2 aliphatic carbocycles. The number of aliphatic hydroxyl groups is 1. The van der Waals surface area contributed by atoms with Crippen molar-refractivity contribution in [2.75, 3.05) is 50.7 Å². The van der Waals surface area contributed by atoms with Crippen molar-refractivity contribution in [3.8, 4) is 5.75 Å². The molecule has 226 valence electrons. The van der Waals surface area contributed by atoms with E-state index in [1.807, 2.05) is 11.0 Å². The Bertz CT molecular complexity index is 1450. The van der Waals surface area contributed by atoms with Crippen LogP contribution < -0.4 is 20.7 Å². The molecule has 0 bridgehead atoms. The first-order chi connectivity index (χ1) is 20.4. The van der Waals surface area contributed by atoms with Gasteiger partial charge in [0, 0.05) is 30.6 Å². The second-order valence-electron chi connectivity index (χ2n) is 12.1. The van der Waals surface area contributed by atoms with E-state index in [-0.39, 0.29) is 24.9 Å². The maximum Gasteiger partial charge on any atom is 0.222 e. The number of nitrogens with two attached hydrogens (primary N) is 1. The van der Waals surface area contributed by atoms with E-state index in [9.17, 15) is 5.11 Å². The summed E-state index contributed by atoms with van der Waals surface area (Å²) in [4.78, 5) is 10.8. The lowest BCUT2D eigenvalue weighted by molar-refractivity contribution is -0.168. The molecule has 0 radical (unpaired) electrons. The number of rotatable bonds is 12. The summed E-state index contributed by atoms with van der Waals surface area (Å²) in [5, 5.41) is 18.2. The zero-order valence-electron chi connectivity index (χ0n) is 24.6. The SMILES string of the molecule is CCCCN(CCO)c1nc(N)nc2cn(Cc3c(F)cc(C4=CCC(NC5CC6(COC6)C5)CC4)cc3OC)nc12. The number of aliphatic hydroxyl groups excluding tert-OH is 1. The zero-order valence-corrected chi connectivity index (χ0v) is 24.6. The van der Waals surface area contributed by atoms with Gasteiger partial charge in [-0.3, -0.25) is 4.68 Å². The minimum absolute atomic E-state index is 0.0187. The molecule has 1 spiro atoms. The predicted octanol–water partition coefficient (Wildman–Crippen LogP) is 3.91. The van der Waals surface area contributed by atoms with Crippen molar-refractivity contribution in [3.05, 3.63) is 41.3 Å². The second kappa shape index (κ2) is 12.1. The highest BCUT2D eigenvalue weighted by atomic mass is 19.1. The zero-order chi connectivity index (χ0) is 29.3. The molecule has 3 aromatic rings. The van der Waals surface area contributed by atoms with Gasteiger partial charge in [0.1, 0.15) is 17.1 Å². The third-order valence-corrected chi connectivity index (χ3v) is 8.98. The van der Waals surface area contributed by atoms with E-state index in [1.165, 1.54) is 12.8 Å². The van der Waals surface area contributed by atoms with Crippen LogP contribution in [0.25, 0.3) is 16.6 Å². The Morgan fingerprint density at radius 3 is 2.74 bits per heavy atom. The standard InChI is InChI=1S/C31H42FN7O3/c1-3-4-9-38(10-11-40)29-28-26(35-30(33)36-29)17-39(37-28)16-24-25(32)12-21(13-27(24)41-2)20-5-7-22(8-6-20)34-23-14-31(15-23)18-42-19-31/h5,12-13,17,22-23,34,40H,3-4,6-11,14-16,18-19H2,1-2H3,(H2,33,35). The van der Waals surface area contributed by atoms with E-state index >= 15 is 4.39 Å². The van der Waals surface area contributed by atoms with Crippen LogP contribution in [0.15, 0.2) is 24.4 Å². The summed E-state index contributed by atoms with van der Waals surface area (Å²) in [5.41, 5.74) is 10.1. The number of aromatic nitrogens is 4. The number of hydrogen-bond acceptors (Lipinski definition) is 9. The Labute approximate surface area is 246 Å². The Morgan fingerprint density at radius 2 is 2.07 bits per heavy atom. The molecule has 1 aromatic carbocycles. The summed E-state index contributed by atoms with van der Waals surface area (Å²) in [5.74, 6) is 0.867. The largest absolute Gasteiger partial charge is 0.496 e. The topological polar surface area (TPSA) is 124 Å². The van der Waals surface area contributed by atoms with Gasteiger partial charge in [0.2, 0.25) is 5.95 Å². The van der Waals surface area contributed by atoms with Crippen LogP contribution in [0.2, 0.25) is 0 Å². The van der Waals surface area contributed by atoms with Gasteiger partial charge in [-0.2, -0.15) is 10.1 Å². The van der Waals surface area contributed by atoms with Gasteiger partial charge in [0.05, 0.1) is 45.2 Å². The van der Waals surface area contributed by atoms with Gasteiger partial charge < -0.3 is 30.5 Å². The molecule has 1 atom stereocenters. The van der Waals surface area contributed by atoms with Crippen LogP contribution >= 0.6 is 0 Å². The predicted molar refractivity (Wildman–Crippen MR) is 161 cm³/mol. The normalized spacial score (nSPS) is 19.9. The highest BCUT2D eigenvalue weighted by Crippen LogP contribution is 2.47. The van der Waals surface area contributed by atoms with E-state index in [0.717, 1.165) is 56.5 Å². The highest BCUT2D eigenvalue weighted by Gasteiger charge is 2.49. The Morgan fingerprint density at radius 1 is 1.24 bits per heavy atom. The first-order valence-corrected chi connectivity index (χ1v) is 15.2. The van der Waals surface area contributed by atoms with Crippen LogP contribution in [-0.4, -0.2) is 77.0 Å². The molecule has 2 aromatic heterocycles. The van der Waals surface area contributed by atoms with Gasteiger partial charge >= 0.3 is 0 Å². The molecule has 0 amide bonds. The van der Waals surface area contributed by atoms with E-state index in [1.54, 1.807) is 24.1 Å². The average molecular weight is 580 g/mol. The van der Waals surface area contributed by atoms with Crippen LogP contribution in [0.4, 0.5) is 16.2 Å². The van der Waals surface area contributed by atoms with Crippen molar-refractivity contribution in [1.29, 1.82) is 0 Å². The Kier molecular flexibility index (Phi) is 8.33. The lowest BCUT2D eigenvalue weighted by atomic mass is 9.64. The molecular weight excluding hydrogens is 537 g/mol. The van der Waals surface area contributed by atoms with Crippen molar-refractivity contribution < 1.29 is 19.0 Å². The summed E-state index contributed by atoms with van der Waals surface area (Å²) in [6, 6.07) is 4.61. The number of hydrogen-bond donors (Lipinski definition) is 3. The van der Waals surface area contributed by atoms with Gasteiger partial charge in [-0.15, -0.1) is 0 Å². The highest BCUT2D eigenvalue weighted by molar-refractivity contribution is 5.86. The molecule has 3 heterocycles. The average Bonchev–Trinajstić information content (AvgIpc) is 3.35. The summed E-state index contributed by atoms with van der Waals surface area (Å²) in [6.45, 7) is 5.22. The summed E-state index contributed by atoms with van der Waals surface area (Å²) >= 11 is 0. The number of methoxy groups -OCH3 is 1. The Balaban J connectivity index is 1.18. The molecule has 1 saturated heterocycles. The fourth-order valence-electron chi connectivity index (χ4n) is 6.66. The number of nitrogens with one attached hydrogen (secondary N) is 1. The van der Waals surface area contributed by atoms with Crippen molar-refractivity contribution >= 4 is 28.4 Å². The molecule has 1 saturated carbocycles. The molecule has 10 nitrogen and oxygen atoms in total. The monoisotopic (exact) mass is 579 g/mol. The number of fused-ring (bicyclic) bond motifs is 1. The fourth-order valence-corrected chi connectivity index (χ4v) is 6.66. The minimum atomic E-state index is -0.330. The minimum Gasteiger partial charge on any atom is -0.496 e. The third-order valence-electron chi connectivity index (χ3n) is 8.98. The van der Waals surface area contributed by atoms with Gasteiger partial charge in [-0.05, 0) is 61.8 Å². The van der Waals surface area contributed by atoms with Crippen molar-refractivity contribution in [1.82, 2.24) is 25.1 Å². The molecule has 3 aliphatic rings.